The molecule has 0 saturated carbocycles. The average molecular weight is 461 g/mol. The van der Waals surface area contributed by atoms with Gasteiger partial charge in [-0.1, -0.05) is 39.0 Å². The summed E-state index contributed by atoms with van der Waals surface area (Å²) in [5, 5.41) is 3.83. The van der Waals surface area contributed by atoms with Crippen molar-refractivity contribution >= 4 is 34.1 Å². The van der Waals surface area contributed by atoms with E-state index in [1.165, 1.54) is 4.88 Å². The van der Waals surface area contributed by atoms with Crippen molar-refractivity contribution in [1.82, 2.24) is 0 Å². The van der Waals surface area contributed by atoms with Gasteiger partial charge in [0, 0.05) is 16.8 Å². The highest BCUT2D eigenvalue weighted by molar-refractivity contribution is 7.16. The first-order valence-corrected chi connectivity index (χ1v) is 12.1. The molecule has 0 unspecified atom stereocenters. The van der Waals surface area contributed by atoms with Crippen LogP contribution in [0.1, 0.15) is 53.6 Å². The number of thiophene rings is 1. The Kier molecular flexibility index (Phi) is 5.71. The third-order valence-corrected chi connectivity index (χ3v) is 7.62. The van der Waals surface area contributed by atoms with Crippen LogP contribution in [0.15, 0.2) is 53.5 Å². The van der Waals surface area contributed by atoms with E-state index in [1.807, 2.05) is 48.5 Å². The van der Waals surface area contributed by atoms with Crippen molar-refractivity contribution in [2.45, 2.75) is 40.0 Å². The molecule has 0 radical (unpaired) electrons. The van der Waals surface area contributed by atoms with E-state index < -0.39 is 0 Å². The number of nitrogens with one attached hydrogen (secondary N) is 1. The molecule has 5 rings (SSSR count). The molecule has 0 saturated heterocycles. The first kappa shape index (κ1) is 21.7. The Labute approximate surface area is 198 Å². The van der Waals surface area contributed by atoms with Crippen molar-refractivity contribution in [3.8, 4) is 11.5 Å². The molecule has 1 aliphatic carbocycles. The van der Waals surface area contributed by atoms with Crippen LogP contribution in [-0.2, 0) is 12.8 Å². The largest absolute Gasteiger partial charge is 0.454 e. The van der Waals surface area contributed by atoms with Crippen molar-refractivity contribution in [1.29, 1.82) is 0 Å². The molecule has 1 aromatic heterocycles. The number of rotatable bonds is 4. The Bertz CT molecular complexity index is 1210. The van der Waals surface area contributed by atoms with Crippen LogP contribution in [0.5, 0.6) is 11.5 Å². The smallest absolute Gasteiger partial charge is 0.259 e. The maximum absolute atomic E-state index is 13.4. The SMILES string of the molecule is CC(C)(C)[C@@H]1CCc2c(sc(N=Cc3ccc4c(c3)OCO4)c2C(=O)Nc2ccccc2)C1. The van der Waals surface area contributed by atoms with Gasteiger partial charge in [0.25, 0.3) is 5.91 Å². The molecule has 33 heavy (non-hydrogen) atoms. The van der Waals surface area contributed by atoms with Gasteiger partial charge in [-0.2, -0.15) is 0 Å². The Balaban J connectivity index is 1.49. The summed E-state index contributed by atoms with van der Waals surface area (Å²) < 4.78 is 10.9. The van der Waals surface area contributed by atoms with Crippen LogP contribution in [0.3, 0.4) is 0 Å². The van der Waals surface area contributed by atoms with Crippen LogP contribution in [0.25, 0.3) is 0 Å². The Morgan fingerprint density at radius 3 is 2.70 bits per heavy atom. The monoisotopic (exact) mass is 460 g/mol. The maximum atomic E-state index is 13.4. The fourth-order valence-electron chi connectivity index (χ4n) is 4.48. The van der Waals surface area contributed by atoms with Gasteiger partial charge in [-0.05, 0) is 72.1 Å². The number of hydrogen-bond acceptors (Lipinski definition) is 5. The van der Waals surface area contributed by atoms with Crippen molar-refractivity contribution in [3.05, 3.63) is 70.1 Å². The molecule has 6 heteroatoms. The van der Waals surface area contributed by atoms with E-state index in [-0.39, 0.29) is 18.1 Å². The van der Waals surface area contributed by atoms with E-state index in [4.69, 9.17) is 14.5 Å². The fraction of sp³-hybridized carbons (Fsp3) is 0.333. The third kappa shape index (κ3) is 4.53. The zero-order chi connectivity index (χ0) is 23.0. The van der Waals surface area contributed by atoms with E-state index in [9.17, 15) is 4.79 Å². The van der Waals surface area contributed by atoms with Crippen molar-refractivity contribution in [2.24, 2.45) is 16.3 Å². The van der Waals surface area contributed by atoms with Crippen molar-refractivity contribution in [2.75, 3.05) is 12.1 Å². The van der Waals surface area contributed by atoms with Crippen LogP contribution in [-0.4, -0.2) is 18.9 Å². The van der Waals surface area contributed by atoms with Gasteiger partial charge in [0.15, 0.2) is 11.5 Å². The second kappa shape index (κ2) is 8.67. The van der Waals surface area contributed by atoms with Crippen molar-refractivity contribution in [3.63, 3.8) is 0 Å². The summed E-state index contributed by atoms with van der Waals surface area (Å²) in [6, 6.07) is 15.3. The fourth-order valence-corrected chi connectivity index (χ4v) is 5.75. The minimum absolute atomic E-state index is 0.0919. The number of benzene rings is 2. The molecule has 1 N–H and O–H groups in total. The maximum Gasteiger partial charge on any atom is 0.259 e. The van der Waals surface area contributed by atoms with Crippen LogP contribution in [0.2, 0.25) is 0 Å². The second-order valence-electron chi connectivity index (χ2n) is 9.68. The summed E-state index contributed by atoms with van der Waals surface area (Å²) in [5.41, 5.74) is 3.81. The third-order valence-electron chi connectivity index (χ3n) is 6.46. The summed E-state index contributed by atoms with van der Waals surface area (Å²) >= 11 is 1.65. The number of anilines is 1. The number of carbonyl (C=O) groups is 1. The van der Waals surface area contributed by atoms with Gasteiger partial charge in [0.1, 0.15) is 5.00 Å². The minimum Gasteiger partial charge on any atom is -0.454 e. The highest BCUT2D eigenvalue weighted by atomic mass is 32.1. The van der Waals surface area contributed by atoms with E-state index in [0.29, 0.717) is 11.5 Å². The lowest BCUT2D eigenvalue weighted by Gasteiger charge is -2.33. The summed E-state index contributed by atoms with van der Waals surface area (Å²) in [6.45, 7) is 7.15. The first-order chi connectivity index (χ1) is 15.9. The standard InChI is InChI=1S/C27H28N2O3S/c1-27(2,3)18-10-11-20-23(14-18)33-26(24(20)25(30)29-19-7-5-4-6-8-19)28-15-17-9-12-21-22(13-17)32-16-31-21/h4-9,12-13,15,18H,10-11,14,16H2,1-3H3,(H,29,30)/t18-/m1/s1. The normalized spacial score (nSPS) is 17.2. The van der Waals surface area contributed by atoms with Crippen LogP contribution < -0.4 is 14.8 Å². The van der Waals surface area contributed by atoms with Gasteiger partial charge in [-0.25, -0.2) is 4.99 Å². The molecule has 2 heterocycles. The van der Waals surface area contributed by atoms with Gasteiger partial charge in [0.2, 0.25) is 6.79 Å². The molecule has 0 fully saturated rings. The Hall–Kier alpha value is -3.12. The number of amides is 1. The molecule has 1 aliphatic heterocycles. The highest BCUT2D eigenvalue weighted by Crippen LogP contribution is 2.45. The van der Waals surface area contributed by atoms with E-state index >= 15 is 0 Å². The summed E-state index contributed by atoms with van der Waals surface area (Å²) in [7, 11) is 0. The summed E-state index contributed by atoms with van der Waals surface area (Å²) in [6.07, 6.45) is 4.80. The highest BCUT2D eigenvalue weighted by Gasteiger charge is 2.33. The first-order valence-electron chi connectivity index (χ1n) is 11.3. The quantitative estimate of drug-likeness (QED) is 0.445. The molecule has 1 amide bonds. The molecular formula is C27H28N2O3S. The molecular weight excluding hydrogens is 432 g/mol. The van der Waals surface area contributed by atoms with Gasteiger partial charge in [-0.3, -0.25) is 4.79 Å². The molecule has 170 valence electrons. The van der Waals surface area contributed by atoms with Crippen molar-refractivity contribution < 1.29 is 14.3 Å². The topological polar surface area (TPSA) is 59.9 Å². The molecule has 1 atom stereocenters. The number of aliphatic imine (C=N–C) groups is 1. The van der Waals surface area contributed by atoms with E-state index in [2.05, 4.69) is 26.1 Å². The van der Waals surface area contributed by atoms with Crippen LogP contribution >= 0.6 is 11.3 Å². The zero-order valence-corrected chi connectivity index (χ0v) is 20.0. The summed E-state index contributed by atoms with van der Waals surface area (Å²) in [4.78, 5) is 19.5. The lowest BCUT2D eigenvalue weighted by molar-refractivity contribution is 0.102. The minimum atomic E-state index is -0.0919. The van der Waals surface area contributed by atoms with Crippen LogP contribution in [0.4, 0.5) is 10.7 Å². The summed E-state index contributed by atoms with van der Waals surface area (Å²) in [5.74, 6) is 1.97. The number of ether oxygens (including phenoxy) is 2. The molecule has 2 aliphatic rings. The number of carbonyl (C=O) groups excluding carboxylic acids is 1. The predicted molar refractivity (Wildman–Crippen MR) is 134 cm³/mol. The molecule has 5 nitrogen and oxygen atoms in total. The van der Waals surface area contributed by atoms with Gasteiger partial charge in [0.05, 0.1) is 5.56 Å². The Morgan fingerprint density at radius 1 is 1.12 bits per heavy atom. The second-order valence-corrected chi connectivity index (χ2v) is 10.8. The molecule has 0 spiro atoms. The number of fused-ring (bicyclic) bond motifs is 2. The van der Waals surface area contributed by atoms with Gasteiger partial charge in [-0.15, -0.1) is 11.3 Å². The molecule has 2 aromatic carbocycles. The number of nitrogens with zero attached hydrogens (tertiary/aromatic N) is 1. The number of para-hydroxylation sites is 1. The lowest BCUT2D eigenvalue weighted by atomic mass is 9.72. The zero-order valence-electron chi connectivity index (χ0n) is 19.2. The van der Waals surface area contributed by atoms with E-state index in [1.54, 1.807) is 17.6 Å². The molecule has 3 aromatic rings. The molecule has 0 bridgehead atoms. The number of hydrogen-bond donors (Lipinski definition) is 1. The van der Waals surface area contributed by atoms with Crippen LogP contribution in [0, 0.1) is 11.3 Å². The Morgan fingerprint density at radius 2 is 1.91 bits per heavy atom. The van der Waals surface area contributed by atoms with E-state index in [0.717, 1.165) is 52.6 Å². The van der Waals surface area contributed by atoms with Gasteiger partial charge < -0.3 is 14.8 Å². The average Bonchev–Trinajstić information content (AvgIpc) is 3.41. The van der Waals surface area contributed by atoms with Gasteiger partial charge >= 0.3 is 0 Å². The predicted octanol–water partition coefficient (Wildman–Crippen LogP) is 6.63. The lowest BCUT2D eigenvalue weighted by Crippen LogP contribution is -2.27.